The van der Waals surface area contributed by atoms with Crippen molar-refractivity contribution in [1.82, 2.24) is 4.57 Å². The van der Waals surface area contributed by atoms with E-state index in [1.54, 1.807) is 0 Å². The Morgan fingerprint density at radius 1 is 0.328 bits per heavy atom. The van der Waals surface area contributed by atoms with Crippen molar-refractivity contribution in [1.29, 1.82) is 0 Å². The van der Waals surface area contributed by atoms with Gasteiger partial charge in [0.05, 0.1) is 16.4 Å². The Morgan fingerprint density at radius 3 is 1.64 bits per heavy atom. The maximum Gasteiger partial charge on any atom is 0.133 e. The Balaban J connectivity index is 1.21. The fraction of sp³-hybridized carbons (Fsp3) is 0.0182. The standard InChI is InChI=1S/C55H35NO2/c1-4-17-36(18-5-1)39-34-43(37-19-6-2-7-20-37)54-52(35-39)58-51-30-16-24-41(53(51)55(54)45-25-11-14-28-49(45)57-50-29-15-12-26-46(50)55)38-31-32-48-44(33-38)42-23-10-13-27-47(42)56(48)40-21-8-3-9-22-40/h1-35H. The zero-order valence-electron chi connectivity index (χ0n) is 31.5. The van der Waals surface area contributed by atoms with Crippen LogP contribution in [0.3, 0.4) is 0 Å². The highest BCUT2D eigenvalue weighted by molar-refractivity contribution is 6.10. The Kier molecular flexibility index (Phi) is 7.14. The smallest absolute Gasteiger partial charge is 0.133 e. The molecule has 272 valence electrons. The number of hydrogen-bond acceptors (Lipinski definition) is 2. The second kappa shape index (κ2) is 12.7. The van der Waals surface area contributed by atoms with Gasteiger partial charge in [0.25, 0.3) is 0 Å². The molecule has 0 aliphatic carbocycles. The normalized spacial score (nSPS) is 13.2. The minimum absolute atomic E-state index is 0.821. The summed E-state index contributed by atoms with van der Waals surface area (Å²) in [5.74, 6) is 3.33. The Bertz CT molecular complexity index is 3170. The van der Waals surface area contributed by atoms with E-state index in [0.717, 1.165) is 84.3 Å². The summed E-state index contributed by atoms with van der Waals surface area (Å²) in [6.45, 7) is 0. The first-order chi connectivity index (χ1) is 28.8. The van der Waals surface area contributed by atoms with Crippen LogP contribution >= 0.6 is 0 Å². The van der Waals surface area contributed by atoms with Crippen LogP contribution in [0.5, 0.6) is 23.0 Å². The molecule has 2 aliphatic heterocycles. The van der Waals surface area contributed by atoms with Crippen molar-refractivity contribution in [2.75, 3.05) is 0 Å². The minimum atomic E-state index is -0.821. The Hall–Kier alpha value is -7.62. The molecule has 1 spiro atoms. The minimum Gasteiger partial charge on any atom is -0.457 e. The van der Waals surface area contributed by atoms with Crippen LogP contribution in [0.25, 0.3) is 60.9 Å². The molecule has 3 heteroatoms. The molecule has 0 fully saturated rings. The van der Waals surface area contributed by atoms with E-state index in [-0.39, 0.29) is 0 Å². The molecule has 0 N–H and O–H groups in total. The molecule has 0 saturated carbocycles. The molecule has 0 amide bonds. The summed E-state index contributed by atoms with van der Waals surface area (Å²) in [6, 6.07) is 76.0. The van der Waals surface area contributed by atoms with E-state index in [9.17, 15) is 0 Å². The van der Waals surface area contributed by atoms with E-state index < -0.39 is 5.41 Å². The second-order valence-corrected chi connectivity index (χ2v) is 15.2. The lowest BCUT2D eigenvalue weighted by molar-refractivity contribution is 0.400. The number of ether oxygens (including phenoxy) is 2. The van der Waals surface area contributed by atoms with Crippen LogP contribution < -0.4 is 9.47 Å². The van der Waals surface area contributed by atoms with Crippen LogP contribution in [0.15, 0.2) is 212 Å². The number of para-hydroxylation sites is 4. The first-order valence-electron chi connectivity index (χ1n) is 19.8. The van der Waals surface area contributed by atoms with Crippen LogP contribution in [0, 0.1) is 0 Å². The molecule has 2 aliphatic rings. The van der Waals surface area contributed by atoms with Crippen molar-refractivity contribution in [3.8, 4) is 62.1 Å². The average molecular weight is 742 g/mol. The quantitative estimate of drug-likeness (QED) is 0.179. The van der Waals surface area contributed by atoms with Crippen LogP contribution in [-0.2, 0) is 5.41 Å². The van der Waals surface area contributed by atoms with Crippen LogP contribution in [-0.4, -0.2) is 4.57 Å². The maximum absolute atomic E-state index is 7.30. The predicted octanol–water partition coefficient (Wildman–Crippen LogP) is 14.4. The SMILES string of the molecule is c1ccc(-c2cc3c(c(-c4ccccc4)c2)C2(c4ccccc4Oc4ccccc42)c2c(cccc2-c2ccc4c(c2)c2ccccc2n4-c2ccccc2)O3)cc1. The molecule has 0 atom stereocenters. The lowest BCUT2D eigenvalue weighted by Crippen LogP contribution is -2.38. The van der Waals surface area contributed by atoms with Gasteiger partial charge in [0, 0.05) is 38.7 Å². The summed E-state index contributed by atoms with van der Waals surface area (Å²) in [4.78, 5) is 0. The monoisotopic (exact) mass is 741 g/mol. The molecular formula is C55H35NO2. The molecule has 3 heterocycles. The lowest BCUT2D eigenvalue weighted by atomic mass is 9.59. The number of fused-ring (bicyclic) bond motifs is 11. The number of hydrogen-bond donors (Lipinski definition) is 0. The van der Waals surface area contributed by atoms with Gasteiger partial charge in [-0.15, -0.1) is 0 Å². The van der Waals surface area contributed by atoms with Crippen molar-refractivity contribution in [3.63, 3.8) is 0 Å². The molecule has 9 aromatic carbocycles. The number of aromatic nitrogens is 1. The third-order valence-electron chi connectivity index (χ3n) is 12.1. The van der Waals surface area contributed by atoms with Gasteiger partial charge in [-0.25, -0.2) is 0 Å². The molecule has 0 unspecified atom stereocenters. The van der Waals surface area contributed by atoms with Crippen molar-refractivity contribution < 1.29 is 9.47 Å². The summed E-state index contributed by atoms with van der Waals surface area (Å²) in [5, 5.41) is 2.41. The average Bonchev–Trinajstić information content (AvgIpc) is 3.63. The largest absolute Gasteiger partial charge is 0.457 e. The third kappa shape index (κ3) is 4.68. The first kappa shape index (κ1) is 32.6. The highest BCUT2D eigenvalue weighted by atomic mass is 16.5. The van der Waals surface area contributed by atoms with E-state index in [4.69, 9.17) is 9.47 Å². The van der Waals surface area contributed by atoms with Gasteiger partial charge < -0.3 is 14.0 Å². The van der Waals surface area contributed by atoms with Crippen LogP contribution in [0.2, 0.25) is 0 Å². The second-order valence-electron chi connectivity index (χ2n) is 15.2. The van der Waals surface area contributed by atoms with Crippen molar-refractivity contribution in [2.24, 2.45) is 0 Å². The van der Waals surface area contributed by atoms with E-state index in [1.807, 2.05) is 0 Å². The fourth-order valence-corrected chi connectivity index (χ4v) is 9.74. The van der Waals surface area contributed by atoms with E-state index >= 15 is 0 Å². The summed E-state index contributed by atoms with van der Waals surface area (Å²) in [5.41, 5.74) is 13.7. The zero-order chi connectivity index (χ0) is 38.2. The van der Waals surface area contributed by atoms with Gasteiger partial charge in [0.2, 0.25) is 0 Å². The van der Waals surface area contributed by atoms with E-state index in [1.165, 1.54) is 21.8 Å². The third-order valence-corrected chi connectivity index (χ3v) is 12.1. The highest BCUT2D eigenvalue weighted by Crippen LogP contribution is 2.65. The zero-order valence-corrected chi connectivity index (χ0v) is 31.5. The van der Waals surface area contributed by atoms with E-state index in [2.05, 4.69) is 217 Å². The molecule has 10 aromatic rings. The Labute approximate surface area is 336 Å². The predicted molar refractivity (Wildman–Crippen MR) is 236 cm³/mol. The summed E-state index contributed by atoms with van der Waals surface area (Å²) < 4.78 is 16.5. The van der Waals surface area contributed by atoms with Gasteiger partial charge in [-0.2, -0.15) is 0 Å². The topological polar surface area (TPSA) is 23.4 Å². The highest BCUT2D eigenvalue weighted by Gasteiger charge is 2.53. The summed E-state index contributed by atoms with van der Waals surface area (Å²) in [7, 11) is 0. The fourth-order valence-electron chi connectivity index (χ4n) is 9.74. The van der Waals surface area contributed by atoms with Gasteiger partial charge in [0.1, 0.15) is 23.0 Å². The maximum atomic E-state index is 7.30. The van der Waals surface area contributed by atoms with Gasteiger partial charge in [-0.05, 0) is 94.0 Å². The van der Waals surface area contributed by atoms with Gasteiger partial charge in [-0.3, -0.25) is 0 Å². The molecule has 1 aromatic heterocycles. The van der Waals surface area contributed by atoms with Crippen molar-refractivity contribution >= 4 is 21.8 Å². The lowest BCUT2D eigenvalue weighted by Gasteiger charge is -2.46. The van der Waals surface area contributed by atoms with Gasteiger partial charge in [0.15, 0.2) is 0 Å². The van der Waals surface area contributed by atoms with Crippen LogP contribution in [0.4, 0.5) is 0 Å². The van der Waals surface area contributed by atoms with E-state index in [0.29, 0.717) is 0 Å². The first-order valence-corrected chi connectivity index (χ1v) is 19.8. The molecule has 0 radical (unpaired) electrons. The molecule has 3 nitrogen and oxygen atoms in total. The molecule has 0 saturated heterocycles. The van der Waals surface area contributed by atoms with Crippen molar-refractivity contribution in [3.05, 3.63) is 235 Å². The number of nitrogens with zero attached hydrogens (tertiary/aromatic N) is 1. The van der Waals surface area contributed by atoms with Crippen LogP contribution in [0.1, 0.15) is 22.3 Å². The molecule has 0 bridgehead atoms. The Morgan fingerprint density at radius 2 is 0.897 bits per heavy atom. The number of rotatable bonds is 4. The summed E-state index contributed by atoms with van der Waals surface area (Å²) in [6.07, 6.45) is 0. The molecule has 58 heavy (non-hydrogen) atoms. The molecule has 12 rings (SSSR count). The molecular weight excluding hydrogens is 707 g/mol. The van der Waals surface area contributed by atoms with Crippen molar-refractivity contribution in [2.45, 2.75) is 5.41 Å². The summed E-state index contributed by atoms with van der Waals surface area (Å²) >= 11 is 0. The van der Waals surface area contributed by atoms with Gasteiger partial charge >= 0.3 is 0 Å². The number of benzene rings is 9. The van der Waals surface area contributed by atoms with Gasteiger partial charge in [-0.1, -0.05) is 152 Å².